The third kappa shape index (κ3) is 15.1. The highest BCUT2D eigenvalue weighted by atomic mass is 16.5. The molecule has 0 amide bonds. The normalized spacial score (nSPS) is 12.1. The summed E-state index contributed by atoms with van der Waals surface area (Å²) in [6, 6.07) is 12.3. The average molecular weight is 607 g/mol. The van der Waals surface area contributed by atoms with Crippen molar-refractivity contribution in [3.63, 3.8) is 0 Å². The molecule has 2 aromatic rings. The van der Waals surface area contributed by atoms with Gasteiger partial charge in [-0.15, -0.1) is 0 Å². The van der Waals surface area contributed by atoms with Crippen molar-refractivity contribution in [2.75, 3.05) is 6.61 Å². The van der Waals surface area contributed by atoms with Crippen LogP contribution in [0.3, 0.4) is 0 Å². The SMILES string of the molecule is CCCCCCCCCCCCCCCCCCOC(=O)CCc1ccc(O)cc1-c1cc(C(C)(C)C)cc(C(C)(C)C)c1. The lowest BCUT2D eigenvalue weighted by Crippen LogP contribution is -2.16. The van der Waals surface area contributed by atoms with Crippen LogP contribution in [-0.4, -0.2) is 17.7 Å². The fourth-order valence-electron chi connectivity index (χ4n) is 5.85. The summed E-state index contributed by atoms with van der Waals surface area (Å²) in [4.78, 5) is 12.6. The van der Waals surface area contributed by atoms with Crippen LogP contribution in [0.5, 0.6) is 5.75 Å². The predicted molar refractivity (Wildman–Crippen MR) is 190 cm³/mol. The average Bonchev–Trinajstić information content (AvgIpc) is 2.97. The number of rotatable bonds is 21. The number of hydrogen-bond acceptors (Lipinski definition) is 3. The van der Waals surface area contributed by atoms with Crippen molar-refractivity contribution in [2.45, 2.75) is 175 Å². The minimum absolute atomic E-state index is 0.00345. The number of ether oxygens (including phenoxy) is 1. The molecular weight excluding hydrogens is 540 g/mol. The first-order valence-electron chi connectivity index (χ1n) is 18.1. The molecule has 0 radical (unpaired) electrons. The van der Waals surface area contributed by atoms with Gasteiger partial charge >= 0.3 is 5.97 Å². The van der Waals surface area contributed by atoms with E-state index in [4.69, 9.17) is 4.74 Å². The summed E-state index contributed by atoms with van der Waals surface area (Å²) in [5.41, 5.74) is 5.70. The zero-order chi connectivity index (χ0) is 32.4. The van der Waals surface area contributed by atoms with E-state index in [0.29, 0.717) is 19.4 Å². The minimum atomic E-state index is -0.135. The number of carbonyl (C=O) groups is 1. The van der Waals surface area contributed by atoms with Gasteiger partial charge in [-0.25, -0.2) is 0 Å². The number of aromatic hydroxyl groups is 1. The largest absolute Gasteiger partial charge is 0.508 e. The summed E-state index contributed by atoms with van der Waals surface area (Å²) < 4.78 is 5.59. The van der Waals surface area contributed by atoms with Crippen molar-refractivity contribution in [3.8, 4) is 16.9 Å². The zero-order valence-electron chi connectivity index (χ0n) is 29.7. The molecule has 0 fully saturated rings. The lowest BCUT2D eigenvalue weighted by molar-refractivity contribution is -0.143. The molecule has 0 bridgehead atoms. The fourth-order valence-corrected chi connectivity index (χ4v) is 5.85. The first kappa shape index (κ1) is 37.9. The van der Waals surface area contributed by atoms with E-state index in [1.54, 1.807) is 6.07 Å². The number of carbonyl (C=O) groups excluding carboxylic acids is 1. The van der Waals surface area contributed by atoms with Gasteiger partial charge in [0.25, 0.3) is 0 Å². The van der Waals surface area contributed by atoms with Gasteiger partial charge in [-0.05, 0) is 63.6 Å². The standard InChI is InChI=1S/C41H66O3/c1-8-9-10-11-12-13-14-15-16-17-18-19-20-21-22-23-28-44-39(43)27-25-33-24-26-37(42)32-38(33)34-29-35(40(2,3)4)31-36(30-34)41(5,6)7/h24,26,29-32,42H,8-23,25,27-28H2,1-7H3. The van der Waals surface area contributed by atoms with E-state index in [9.17, 15) is 9.90 Å². The second kappa shape index (κ2) is 20.0. The van der Waals surface area contributed by atoms with Gasteiger partial charge < -0.3 is 9.84 Å². The maximum Gasteiger partial charge on any atom is 0.306 e. The summed E-state index contributed by atoms with van der Waals surface area (Å²) in [5, 5.41) is 10.4. The van der Waals surface area contributed by atoms with Crippen molar-refractivity contribution in [1.82, 2.24) is 0 Å². The number of aryl methyl sites for hydroxylation is 1. The lowest BCUT2D eigenvalue weighted by Gasteiger charge is -2.26. The van der Waals surface area contributed by atoms with E-state index >= 15 is 0 Å². The fraction of sp³-hybridized carbons (Fsp3) is 0.683. The number of esters is 1. The Morgan fingerprint density at radius 3 is 1.55 bits per heavy atom. The van der Waals surface area contributed by atoms with Gasteiger partial charge in [0.15, 0.2) is 0 Å². The number of benzene rings is 2. The molecule has 2 rings (SSSR count). The summed E-state index contributed by atoms with van der Waals surface area (Å²) in [6.45, 7) is 16.2. The maximum absolute atomic E-state index is 12.6. The van der Waals surface area contributed by atoms with Crippen LogP contribution in [0.15, 0.2) is 36.4 Å². The molecule has 3 heteroatoms. The van der Waals surface area contributed by atoms with Gasteiger partial charge in [-0.2, -0.15) is 0 Å². The Hall–Kier alpha value is -2.29. The summed E-state index contributed by atoms with van der Waals surface area (Å²) in [7, 11) is 0. The van der Waals surface area contributed by atoms with E-state index in [1.165, 1.54) is 101 Å². The molecule has 2 aromatic carbocycles. The predicted octanol–water partition coefficient (Wildman–Crippen LogP) is 12.4. The van der Waals surface area contributed by atoms with Gasteiger partial charge in [-0.3, -0.25) is 4.79 Å². The lowest BCUT2D eigenvalue weighted by atomic mass is 9.78. The minimum Gasteiger partial charge on any atom is -0.508 e. The van der Waals surface area contributed by atoms with E-state index in [-0.39, 0.29) is 22.5 Å². The maximum atomic E-state index is 12.6. The van der Waals surface area contributed by atoms with Crippen molar-refractivity contribution >= 4 is 5.97 Å². The molecular formula is C41H66O3. The summed E-state index contributed by atoms with van der Waals surface area (Å²) >= 11 is 0. The molecule has 1 N–H and O–H groups in total. The first-order chi connectivity index (χ1) is 20.9. The Bertz CT molecular complexity index is 1050. The third-order valence-corrected chi connectivity index (χ3v) is 8.93. The molecule has 0 aliphatic rings. The quantitative estimate of drug-likeness (QED) is 0.114. The number of hydrogen-bond donors (Lipinski definition) is 1. The molecule has 0 heterocycles. The van der Waals surface area contributed by atoms with Crippen molar-refractivity contribution in [3.05, 3.63) is 53.1 Å². The molecule has 0 aliphatic heterocycles. The Morgan fingerprint density at radius 2 is 1.09 bits per heavy atom. The van der Waals surface area contributed by atoms with Crippen LogP contribution in [0.2, 0.25) is 0 Å². The second-order valence-electron chi connectivity index (χ2n) is 15.2. The Labute approximate surface area is 271 Å². The molecule has 0 unspecified atom stereocenters. The molecule has 44 heavy (non-hydrogen) atoms. The summed E-state index contributed by atoms with van der Waals surface area (Å²) in [5.74, 6) is 0.108. The zero-order valence-corrected chi connectivity index (χ0v) is 29.7. The van der Waals surface area contributed by atoms with E-state index in [1.807, 2.05) is 12.1 Å². The monoisotopic (exact) mass is 607 g/mol. The molecule has 0 saturated carbocycles. The van der Waals surface area contributed by atoms with Gasteiger partial charge in [-0.1, -0.05) is 169 Å². The van der Waals surface area contributed by atoms with Crippen molar-refractivity contribution in [1.29, 1.82) is 0 Å². The van der Waals surface area contributed by atoms with Crippen LogP contribution in [0.4, 0.5) is 0 Å². The van der Waals surface area contributed by atoms with E-state index < -0.39 is 0 Å². The number of phenols is 1. The van der Waals surface area contributed by atoms with Crippen molar-refractivity contribution < 1.29 is 14.6 Å². The van der Waals surface area contributed by atoms with Crippen LogP contribution < -0.4 is 0 Å². The number of phenolic OH excluding ortho intramolecular Hbond substituents is 1. The highest BCUT2D eigenvalue weighted by Crippen LogP contribution is 2.36. The second-order valence-corrected chi connectivity index (χ2v) is 15.2. The van der Waals surface area contributed by atoms with Gasteiger partial charge in [0.2, 0.25) is 0 Å². The Kier molecular flexibility index (Phi) is 17.2. The Morgan fingerprint density at radius 1 is 0.636 bits per heavy atom. The van der Waals surface area contributed by atoms with Crippen LogP contribution >= 0.6 is 0 Å². The summed E-state index contributed by atoms with van der Waals surface area (Å²) in [6.07, 6.45) is 22.3. The van der Waals surface area contributed by atoms with Crippen LogP contribution in [0, 0.1) is 0 Å². The number of unbranched alkanes of at least 4 members (excludes halogenated alkanes) is 15. The van der Waals surface area contributed by atoms with Crippen LogP contribution in [0.25, 0.3) is 11.1 Å². The molecule has 248 valence electrons. The highest BCUT2D eigenvalue weighted by Gasteiger charge is 2.22. The van der Waals surface area contributed by atoms with Crippen molar-refractivity contribution in [2.24, 2.45) is 0 Å². The van der Waals surface area contributed by atoms with Gasteiger partial charge in [0.1, 0.15) is 5.75 Å². The molecule has 0 atom stereocenters. The topological polar surface area (TPSA) is 46.5 Å². The molecule has 0 saturated heterocycles. The van der Waals surface area contributed by atoms with E-state index in [2.05, 4.69) is 66.7 Å². The molecule has 0 aromatic heterocycles. The molecule has 3 nitrogen and oxygen atoms in total. The molecule has 0 aliphatic carbocycles. The first-order valence-corrected chi connectivity index (χ1v) is 18.1. The Balaban J connectivity index is 1.69. The van der Waals surface area contributed by atoms with E-state index in [0.717, 1.165) is 29.5 Å². The highest BCUT2D eigenvalue weighted by molar-refractivity contribution is 5.73. The third-order valence-electron chi connectivity index (χ3n) is 8.93. The van der Waals surface area contributed by atoms with Gasteiger partial charge in [0.05, 0.1) is 6.61 Å². The molecule has 0 spiro atoms. The smallest absolute Gasteiger partial charge is 0.306 e. The van der Waals surface area contributed by atoms with Crippen LogP contribution in [-0.2, 0) is 26.8 Å². The van der Waals surface area contributed by atoms with Gasteiger partial charge in [0, 0.05) is 6.42 Å². The van der Waals surface area contributed by atoms with Crippen LogP contribution in [0.1, 0.15) is 174 Å².